The van der Waals surface area contributed by atoms with Gasteiger partial charge in [-0.3, -0.25) is 10.2 Å². The lowest BCUT2D eigenvalue weighted by Gasteiger charge is -2.24. The Bertz CT molecular complexity index is 540. The van der Waals surface area contributed by atoms with Gasteiger partial charge in [-0.2, -0.15) is 0 Å². The molecule has 2 N–H and O–H groups in total. The van der Waals surface area contributed by atoms with Crippen LogP contribution in [-0.4, -0.2) is 40.9 Å². The van der Waals surface area contributed by atoms with Crippen LogP contribution in [0, 0.1) is 0 Å². The van der Waals surface area contributed by atoms with Crippen LogP contribution in [0.5, 0.6) is 0 Å². The Morgan fingerprint density at radius 2 is 2.21 bits per heavy atom. The summed E-state index contributed by atoms with van der Waals surface area (Å²) in [6, 6.07) is 8.48. The zero-order chi connectivity index (χ0) is 17.6. The van der Waals surface area contributed by atoms with Crippen LogP contribution < -0.4 is 5.32 Å². The van der Waals surface area contributed by atoms with Crippen LogP contribution >= 0.6 is 0 Å². The summed E-state index contributed by atoms with van der Waals surface area (Å²) >= 11 is 0. The van der Waals surface area contributed by atoms with Gasteiger partial charge in [-0.25, -0.2) is 4.79 Å². The maximum absolute atomic E-state index is 11.9. The molecule has 1 atom stereocenters. The van der Waals surface area contributed by atoms with Gasteiger partial charge in [0.25, 0.3) is 0 Å². The molecule has 0 saturated carbocycles. The number of nitrogens with zero attached hydrogens (tertiary/aromatic N) is 1. The number of hydrogen-bond donors (Lipinski definition) is 2. The molecule has 0 aromatic heterocycles. The van der Waals surface area contributed by atoms with Gasteiger partial charge >= 0.3 is 6.09 Å². The monoisotopic (exact) mass is 334 g/mol. The van der Waals surface area contributed by atoms with Crippen LogP contribution in [0.3, 0.4) is 0 Å². The molecule has 134 valence electrons. The van der Waals surface area contributed by atoms with Crippen molar-refractivity contribution >= 4 is 11.8 Å². The summed E-state index contributed by atoms with van der Waals surface area (Å²) in [5.41, 5.74) is 1.43. The molecule has 2 rings (SSSR count). The van der Waals surface area contributed by atoms with Gasteiger partial charge in [-0.1, -0.05) is 12.1 Å². The molecule has 0 aliphatic carbocycles. The molecule has 0 spiro atoms. The molecule has 1 aliphatic rings. The van der Waals surface area contributed by atoms with Crippen molar-refractivity contribution < 1.29 is 14.6 Å². The molecule has 1 unspecified atom stereocenters. The summed E-state index contributed by atoms with van der Waals surface area (Å²) in [4.78, 5) is 14.4. The van der Waals surface area contributed by atoms with E-state index >= 15 is 0 Å². The lowest BCUT2D eigenvalue weighted by atomic mass is 10.1. The highest BCUT2D eigenvalue weighted by Crippen LogP contribution is 2.24. The molecular weight excluding hydrogens is 304 g/mol. The normalized spacial score (nSPS) is 18.6. The quantitative estimate of drug-likeness (QED) is 0.831. The minimum atomic E-state index is -0.503. The minimum absolute atomic E-state index is 0.264. The lowest BCUT2D eigenvalue weighted by molar-refractivity contribution is 0.0636. The molecule has 24 heavy (non-hydrogen) atoms. The van der Waals surface area contributed by atoms with Crippen molar-refractivity contribution in [3.63, 3.8) is 0 Å². The van der Waals surface area contributed by atoms with E-state index in [0.29, 0.717) is 6.04 Å². The second-order valence-electron chi connectivity index (χ2n) is 7.46. The average molecular weight is 334 g/mol. The fourth-order valence-corrected chi connectivity index (χ4v) is 3.16. The number of anilines is 1. The molecule has 1 aromatic rings. The number of hydrogen-bond acceptors (Lipinski definition) is 4. The fourth-order valence-electron chi connectivity index (χ4n) is 3.16. The minimum Gasteiger partial charge on any atom is -0.444 e. The number of aliphatic hydroxyl groups excluding tert-OH is 1. The van der Waals surface area contributed by atoms with Crippen molar-refractivity contribution in [1.82, 2.24) is 4.90 Å². The molecule has 1 amide bonds. The Morgan fingerprint density at radius 3 is 2.92 bits per heavy atom. The third-order valence-electron chi connectivity index (χ3n) is 4.15. The first-order chi connectivity index (χ1) is 11.4. The van der Waals surface area contributed by atoms with E-state index in [-0.39, 0.29) is 6.61 Å². The Labute approximate surface area is 145 Å². The highest BCUT2D eigenvalue weighted by atomic mass is 16.6. The molecule has 5 nitrogen and oxygen atoms in total. The molecule has 1 aromatic carbocycles. The van der Waals surface area contributed by atoms with Crippen LogP contribution in [0.15, 0.2) is 24.3 Å². The predicted octanol–water partition coefficient (Wildman–Crippen LogP) is 3.77. The molecular formula is C19H30N2O3. The number of amides is 1. The van der Waals surface area contributed by atoms with Gasteiger partial charge in [0, 0.05) is 24.9 Å². The van der Waals surface area contributed by atoms with Crippen molar-refractivity contribution in [1.29, 1.82) is 0 Å². The number of likely N-dealkylation sites (tertiary alicyclic amines) is 1. The third-order valence-corrected chi connectivity index (χ3v) is 4.15. The van der Waals surface area contributed by atoms with E-state index in [4.69, 9.17) is 9.84 Å². The van der Waals surface area contributed by atoms with E-state index < -0.39 is 11.7 Å². The highest BCUT2D eigenvalue weighted by molar-refractivity contribution is 5.84. The van der Waals surface area contributed by atoms with E-state index in [9.17, 15) is 4.79 Å². The summed E-state index contributed by atoms with van der Waals surface area (Å²) in [6.45, 7) is 7.79. The number of carbonyl (C=O) groups excluding carboxylic acids is 1. The molecule has 1 fully saturated rings. The lowest BCUT2D eigenvalue weighted by Crippen LogP contribution is -2.29. The van der Waals surface area contributed by atoms with Gasteiger partial charge in [0.15, 0.2) is 0 Å². The zero-order valence-corrected chi connectivity index (χ0v) is 15.0. The number of carbonyl (C=O) groups is 1. The summed E-state index contributed by atoms with van der Waals surface area (Å²) in [5.74, 6) is 0. The van der Waals surface area contributed by atoms with Crippen molar-refractivity contribution in [2.75, 3.05) is 18.5 Å². The van der Waals surface area contributed by atoms with E-state index in [1.54, 1.807) is 0 Å². The van der Waals surface area contributed by atoms with E-state index in [2.05, 4.69) is 16.3 Å². The second-order valence-corrected chi connectivity index (χ2v) is 7.46. The molecule has 1 saturated heterocycles. The maximum Gasteiger partial charge on any atom is 0.412 e. The van der Waals surface area contributed by atoms with Crippen LogP contribution in [-0.2, 0) is 11.3 Å². The van der Waals surface area contributed by atoms with E-state index in [0.717, 1.165) is 31.6 Å². The van der Waals surface area contributed by atoms with Crippen LogP contribution in [0.1, 0.15) is 52.0 Å². The predicted molar refractivity (Wildman–Crippen MR) is 96.1 cm³/mol. The summed E-state index contributed by atoms with van der Waals surface area (Å²) in [6.07, 6.45) is 3.90. The maximum atomic E-state index is 11.9. The van der Waals surface area contributed by atoms with Gasteiger partial charge in [-0.15, -0.1) is 0 Å². The number of nitrogens with one attached hydrogen (secondary N) is 1. The Hall–Kier alpha value is -1.59. The topological polar surface area (TPSA) is 61.8 Å². The van der Waals surface area contributed by atoms with Gasteiger partial charge in [-0.05, 0) is 70.7 Å². The largest absolute Gasteiger partial charge is 0.444 e. The number of rotatable bonds is 6. The van der Waals surface area contributed by atoms with Gasteiger partial charge in [0.05, 0.1) is 0 Å². The molecule has 5 heteroatoms. The van der Waals surface area contributed by atoms with Crippen molar-refractivity contribution in [2.24, 2.45) is 0 Å². The first-order valence-electron chi connectivity index (χ1n) is 8.81. The Balaban J connectivity index is 1.93. The smallest absolute Gasteiger partial charge is 0.412 e. The molecule has 1 heterocycles. The highest BCUT2D eigenvalue weighted by Gasteiger charge is 2.24. The SMILES string of the molecule is CC(C)(C)OC(=O)Nc1cccc(CN2CCCC2CCCO)c1. The van der Waals surface area contributed by atoms with Gasteiger partial charge in [0.2, 0.25) is 0 Å². The molecule has 0 radical (unpaired) electrons. The first kappa shape index (κ1) is 18.7. The van der Waals surface area contributed by atoms with Crippen LogP contribution in [0.2, 0.25) is 0 Å². The second kappa shape index (κ2) is 8.49. The summed E-state index contributed by atoms with van der Waals surface area (Å²) < 4.78 is 5.29. The fraction of sp³-hybridized carbons (Fsp3) is 0.632. The van der Waals surface area contributed by atoms with E-state index in [1.165, 1.54) is 18.4 Å². The van der Waals surface area contributed by atoms with Crippen molar-refractivity contribution in [3.8, 4) is 0 Å². The Morgan fingerprint density at radius 1 is 1.42 bits per heavy atom. The van der Waals surface area contributed by atoms with Crippen molar-refractivity contribution in [3.05, 3.63) is 29.8 Å². The Kier molecular flexibility index (Phi) is 6.63. The summed E-state index contributed by atoms with van der Waals surface area (Å²) in [5, 5.41) is 11.8. The van der Waals surface area contributed by atoms with Crippen molar-refractivity contribution in [2.45, 2.75) is 64.6 Å². The molecule has 1 aliphatic heterocycles. The van der Waals surface area contributed by atoms with Gasteiger partial charge in [0.1, 0.15) is 5.60 Å². The van der Waals surface area contributed by atoms with Crippen LogP contribution in [0.4, 0.5) is 10.5 Å². The average Bonchev–Trinajstić information content (AvgIpc) is 2.90. The van der Waals surface area contributed by atoms with Gasteiger partial charge < -0.3 is 9.84 Å². The number of benzene rings is 1. The molecule has 0 bridgehead atoms. The number of ether oxygens (including phenoxy) is 1. The summed E-state index contributed by atoms with van der Waals surface area (Å²) in [7, 11) is 0. The third kappa shape index (κ3) is 6.13. The zero-order valence-electron chi connectivity index (χ0n) is 15.0. The standard InChI is InChI=1S/C19H30N2O3/c1-19(2,3)24-18(23)20-16-8-4-7-15(13-16)14-21-11-5-9-17(21)10-6-12-22/h4,7-8,13,17,22H,5-6,9-12,14H2,1-3H3,(H,20,23). The van der Waals surface area contributed by atoms with E-state index in [1.807, 2.05) is 39.0 Å². The first-order valence-corrected chi connectivity index (χ1v) is 8.81. The van der Waals surface area contributed by atoms with Crippen LogP contribution in [0.25, 0.3) is 0 Å². The number of aliphatic hydroxyl groups is 1.